The Kier molecular flexibility index (Phi) is 7.24. The van der Waals surface area contributed by atoms with E-state index in [0.29, 0.717) is 35.5 Å². The lowest BCUT2D eigenvalue weighted by Gasteiger charge is -2.11. The number of aryl methyl sites for hydroxylation is 2. The van der Waals surface area contributed by atoms with E-state index < -0.39 is 31.8 Å². The number of ether oxygens (including phenoxy) is 3. The minimum Gasteiger partial charge on any atom is -0.481 e. The molecule has 0 aliphatic rings. The van der Waals surface area contributed by atoms with E-state index in [2.05, 4.69) is 15.0 Å². The molecule has 3 rings (SSSR count). The van der Waals surface area contributed by atoms with Crippen molar-refractivity contribution in [1.29, 1.82) is 0 Å². The highest BCUT2D eigenvalue weighted by molar-refractivity contribution is 5.78. The van der Waals surface area contributed by atoms with Gasteiger partial charge in [0.05, 0.1) is 13.0 Å². The minimum absolute atomic E-state index is 0.00498. The number of halogens is 3. The lowest BCUT2D eigenvalue weighted by Crippen LogP contribution is -2.14. The third-order valence-corrected chi connectivity index (χ3v) is 4.31. The largest absolute Gasteiger partial charge is 0.481 e. The number of carbonyl (C=O) groups is 1. The van der Waals surface area contributed by atoms with E-state index in [9.17, 15) is 18.0 Å². The van der Waals surface area contributed by atoms with Crippen LogP contribution in [-0.4, -0.2) is 52.0 Å². The summed E-state index contributed by atoms with van der Waals surface area (Å²) in [4.78, 5) is 23.2. The van der Waals surface area contributed by atoms with Crippen LogP contribution >= 0.6 is 0 Å². The van der Waals surface area contributed by atoms with Gasteiger partial charge in [0.15, 0.2) is 12.1 Å². The second kappa shape index (κ2) is 9.92. The van der Waals surface area contributed by atoms with Crippen LogP contribution in [0.5, 0.6) is 17.6 Å². The lowest BCUT2D eigenvalue weighted by atomic mass is 10.1. The summed E-state index contributed by atoms with van der Waals surface area (Å²) in [5.74, 6) is -0.453. The number of hydrogen-bond acceptors (Lipinski definition) is 8. The van der Waals surface area contributed by atoms with Gasteiger partial charge in [0.2, 0.25) is 5.89 Å². The van der Waals surface area contributed by atoms with Crippen LogP contribution in [0.15, 0.2) is 16.5 Å². The second-order valence-electron chi connectivity index (χ2n) is 7.17. The number of hydrogen-bond donors (Lipinski definition) is 1. The first-order chi connectivity index (χ1) is 15.6. The lowest BCUT2D eigenvalue weighted by molar-refractivity contribution is -0.140. The van der Waals surface area contributed by atoms with Gasteiger partial charge in [-0.1, -0.05) is 6.92 Å². The molecule has 0 radical (unpaired) electrons. The van der Waals surface area contributed by atoms with Crippen molar-refractivity contribution < 1.29 is 41.7 Å². The van der Waals surface area contributed by atoms with Crippen molar-refractivity contribution >= 4 is 17.2 Å². The summed E-state index contributed by atoms with van der Waals surface area (Å²) in [5, 5.41) is 8.83. The van der Waals surface area contributed by atoms with Crippen molar-refractivity contribution in [3.05, 3.63) is 23.3 Å². The van der Waals surface area contributed by atoms with Crippen LogP contribution in [0.3, 0.4) is 0 Å². The van der Waals surface area contributed by atoms with Crippen molar-refractivity contribution in [2.45, 2.75) is 39.8 Å². The third kappa shape index (κ3) is 6.24. The molecule has 0 saturated heterocycles. The number of rotatable bonds is 10. The molecule has 1 N–H and O–H groups in total. The van der Waals surface area contributed by atoms with Gasteiger partial charge in [0, 0.05) is 5.56 Å². The van der Waals surface area contributed by atoms with E-state index in [0.717, 1.165) is 0 Å². The van der Waals surface area contributed by atoms with Gasteiger partial charge in [0.1, 0.15) is 12.4 Å². The smallest absolute Gasteiger partial charge is 0.392 e. The van der Waals surface area contributed by atoms with Gasteiger partial charge in [-0.2, -0.15) is 23.1 Å². The van der Waals surface area contributed by atoms with E-state index in [4.69, 9.17) is 23.7 Å². The maximum absolute atomic E-state index is 12.4. The third-order valence-electron chi connectivity index (χ3n) is 4.31. The second-order valence-corrected chi connectivity index (χ2v) is 7.17. The predicted octanol–water partition coefficient (Wildman–Crippen LogP) is 4.49. The number of aromatic nitrogens is 3. The molecule has 2 aromatic heterocycles. The zero-order valence-electron chi connectivity index (χ0n) is 18.2. The predicted molar refractivity (Wildman–Crippen MR) is 110 cm³/mol. The number of carboxylic acids is 1. The van der Waals surface area contributed by atoms with Gasteiger partial charge < -0.3 is 23.7 Å². The average Bonchev–Trinajstić information content (AvgIpc) is 3.14. The SMILES string of the molecule is CCCOc1nc(OCCC(F)(F)F)nc2oc(-c3cc(C)c(OCC(=O)O)c(C)c3)nc12. The molecule has 0 fully saturated rings. The molecule has 33 heavy (non-hydrogen) atoms. The highest BCUT2D eigenvalue weighted by atomic mass is 19.4. The fourth-order valence-electron chi connectivity index (χ4n) is 2.96. The van der Waals surface area contributed by atoms with Crippen LogP contribution in [0.1, 0.15) is 30.9 Å². The molecule has 0 amide bonds. The molecule has 178 valence electrons. The van der Waals surface area contributed by atoms with Gasteiger partial charge in [-0.15, -0.1) is 0 Å². The van der Waals surface area contributed by atoms with E-state index in [1.807, 2.05) is 6.92 Å². The van der Waals surface area contributed by atoms with E-state index in [1.165, 1.54) is 0 Å². The first-order valence-electron chi connectivity index (χ1n) is 10.0. The maximum atomic E-state index is 12.4. The van der Waals surface area contributed by atoms with E-state index >= 15 is 0 Å². The van der Waals surface area contributed by atoms with Gasteiger partial charge in [-0.25, -0.2) is 9.78 Å². The van der Waals surface area contributed by atoms with Gasteiger partial charge >= 0.3 is 18.2 Å². The Morgan fingerprint density at radius 1 is 1.06 bits per heavy atom. The minimum atomic E-state index is -4.37. The molecular formula is C21H22F3N3O6. The first-order valence-corrected chi connectivity index (χ1v) is 10.0. The van der Waals surface area contributed by atoms with Gasteiger partial charge in [-0.05, 0) is 43.5 Å². The highest BCUT2D eigenvalue weighted by Gasteiger charge is 2.27. The van der Waals surface area contributed by atoms with E-state index in [1.54, 1.807) is 26.0 Å². The Hall–Kier alpha value is -3.57. The molecule has 3 aromatic rings. The fraction of sp³-hybridized carbons (Fsp3) is 0.429. The summed E-state index contributed by atoms with van der Waals surface area (Å²) < 4.78 is 58.9. The highest BCUT2D eigenvalue weighted by Crippen LogP contribution is 2.33. The number of nitrogens with zero attached hydrogens (tertiary/aromatic N) is 3. The molecule has 9 nitrogen and oxygen atoms in total. The Bertz CT molecular complexity index is 1120. The number of aliphatic carboxylic acids is 1. The van der Waals surface area contributed by atoms with Crippen molar-refractivity contribution in [2.24, 2.45) is 0 Å². The molecule has 0 atom stereocenters. The summed E-state index contributed by atoms with van der Waals surface area (Å²) in [7, 11) is 0. The standard InChI is InChI=1S/C21H22F3N3O6/c1-4-6-30-18-15-19(27-20(26-18)31-7-5-21(22,23)24)33-17(25-15)13-8-11(2)16(12(3)9-13)32-10-14(28)29/h8-9H,4-7,10H2,1-3H3,(H,28,29). The molecule has 0 spiro atoms. The fourth-order valence-corrected chi connectivity index (χ4v) is 2.96. The first kappa shape index (κ1) is 24.1. The number of benzene rings is 1. The van der Waals surface area contributed by atoms with E-state index in [-0.39, 0.29) is 29.0 Å². The zero-order chi connectivity index (χ0) is 24.2. The molecule has 2 heterocycles. The van der Waals surface area contributed by atoms with Crippen molar-refractivity contribution in [3.63, 3.8) is 0 Å². The Balaban J connectivity index is 1.95. The number of fused-ring (bicyclic) bond motifs is 1. The summed E-state index contributed by atoms with van der Waals surface area (Å²) in [6.07, 6.45) is -4.87. The topological polar surface area (TPSA) is 117 Å². The van der Waals surface area contributed by atoms with Gasteiger partial charge in [-0.3, -0.25) is 0 Å². The molecule has 0 aliphatic carbocycles. The Morgan fingerprint density at radius 2 is 1.76 bits per heavy atom. The van der Waals surface area contributed by atoms with Crippen LogP contribution in [0, 0.1) is 13.8 Å². The van der Waals surface area contributed by atoms with Crippen LogP contribution < -0.4 is 14.2 Å². The molecule has 0 bridgehead atoms. The normalized spacial score (nSPS) is 11.6. The molecular weight excluding hydrogens is 447 g/mol. The van der Waals surface area contributed by atoms with Crippen LogP contribution in [0.2, 0.25) is 0 Å². The molecule has 12 heteroatoms. The van der Waals surface area contributed by atoms with Gasteiger partial charge in [0.25, 0.3) is 11.6 Å². The van der Waals surface area contributed by atoms with Crippen LogP contribution in [0.4, 0.5) is 13.2 Å². The summed E-state index contributed by atoms with van der Waals surface area (Å²) in [5.41, 5.74) is 2.08. The Morgan fingerprint density at radius 3 is 2.36 bits per heavy atom. The number of alkyl halides is 3. The number of oxazole rings is 1. The summed E-state index contributed by atoms with van der Waals surface area (Å²) in [6, 6.07) is 3.09. The monoisotopic (exact) mass is 469 g/mol. The summed E-state index contributed by atoms with van der Waals surface area (Å²) in [6.45, 7) is 4.54. The molecule has 0 aliphatic heterocycles. The van der Waals surface area contributed by atoms with Crippen molar-refractivity contribution in [3.8, 4) is 29.1 Å². The quantitative estimate of drug-likeness (QED) is 0.458. The van der Waals surface area contributed by atoms with Crippen LogP contribution in [0.25, 0.3) is 22.7 Å². The number of carboxylic acid groups (broad SMARTS) is 1. The van der Waals surface area contributed by atoms with Crippen molar-refractivity contribution in [1.82, 2.24) is 15.0 Å². The molecule has 0 unspecified atom stereocenters. The van der Waals surface area contributed by atoms with Crippen LogP contribution in [-0.2, 0) is 4.79 Å². The Labute approximate surface area is 186 Å². The maximum Gasteiger partial charge on any atom is 0.392 e. The molecule has 0 saturated carbocycles. The van der Waals surface area contributed by atoms with Crippen molar-refractivity contribution in [2.75, 3.05) is 19.8 Å². The summed E-state index contributed by atoms with van der Waals surface area (Å²) >= 11 is 0. The zero-order valence-corrected chi connectivity index (χ0v) is 18.2. The average molecular weight is 469 g/mol. The molecule has 1 aromatic carbocycles.